The second kappa shape index (κ2) is 29.5. The van der Waals surface area contributed by atoms with Crippen LogP contribution in [0.15, 0.2) is 0 Å². The second-order valence-electron chi connectivity index (χ2n) is 24.5. The highest BCUT2D eigenvalue weighted by Crippen LogP contribution is 2.37. The Kier molecular flexibility index (Phi) is 27.7. The lowest BCUT2D eigenvalue weighted by atomic mass is 9.89. The van der Waals surface area contributed by atoms with Crippen LogP contribution in [0.25, 0.3) is 0 Å². The minimum Gasteiger partial charge on any atom is -0.444 e. The molecule has 0 saturated heterocycles. The third-order valence-corrected chi connectivity index (χ3v) is 10.1. The highest BCUT2D eigenvalue weighted by Gasteiger charge is 2.56. The number of hydrogen-bond donors (Lipinski definition) is 3. The first-order valence-corrected chi connectivity index (χ1v) is 26.3. The lowest BCUT2D eigenvalue weighted by Crippen LogP contribution is -2.77. The molecule has 0 aromatic carbocycles. The number of unbranched alkanes of at least 4 members (excludes halogenated alkanes) is 4. The van der Waals surface area contributed by atoms with Crippen molar-refractivity contribution in [1.29, 1.82) is 0 Å². The molecule has 3 N–H and O–H groups in total. The fourth-order valence-corrected chi connectivity index (χ4v) is 7.54. The van der Waals surface area contributed by atoms with Crippen LogP contribution in [-0.4, -0.2) is 146 Å². The van der Waals surface area contributed by atoms with Gasteiger partial charge in [0.2, 0.25) is 5.79 Å². The van der Waals surface area contributed by atoms with Gasteiger partial charge in [0.15, 0.2) is 0 Å². The first-order chi connectivity index (χ1) is 32.7. The Bertz CT molecular complexity index is 1670. The molecule has 0 rings (SSSR count). The van der Waals surface area contributed by atoms with Crippen LogP contribution < -0.4 is 10.6 Å². The van der Waals surface area contributed by atoms with Crippen LogP contribution in [0.4, 0.5) is 28.8 Å². The van der Waals surface area contributed by atoms with E-state index in [2.05, 4.69) is 10.6 Å². The third-order valence-electron chi connectivity index (χ3n) is 10.1. The van der Waals surface area contributed by atoms with Crippen molar-refractivity contribution in [3.8, 4) is 0 Å². The predicted molar refractivity (Wildman–Crippen MR) is 280 cm³/mol. The van der Waals surface area contributed by atoms with Crippen molar-refractivity contribution in [1.82, 2.24) is 30.2 Å². The molecule has 0 aliphatic rings. The summed E-state index contributed by atoms with van der Waals surface area (Å²) >= 11 is 0. The van der Waals surface area contributed by atoms with Crippen molar-refractivity contribution >= 4 is 36.6 Å². The van der Waals surface area contributed by atoms with E-state index in [9.17, 15) is 24.3 Å². The van der Waals surface area contributed by atoms with Gasteiger partial charge in [-0.25, -0.2) is 28.8 Å². The molecule has 3 unspecified atom stereocenters. The lowest BCUT2D eigenvalue weighted by Gasteiger charge is -2.54. The van der Waals surface area contributed by atoms with E-state index in [0.717, 1.165) is 0 Å². The maximum absolute atomic E-state index is 15.1. The highest BCUT2D eigenvalue weighted by atomic mass is 16.6. The maximum atomic E-state index is 15.1. The fraction of sp³-hybridized carbons (Fsp3) is 0.887. The number of nitrogens with zero attached hydrogens (tertiary/aromatic N) is 4. The zero-order valence-electron chi connectivity index (χ0n) is 48.8. The molecule has 0 bridgehead atoms. The van der Waals surface area contributed by atoms with Crippen LogP contribution in [0.5, 0.6) is 0 Å². The number of amides is 6. The molecule has 19 heteroatoms. The van der Waals surface area contributed by atoms with E-state index in [1.807, 2.05) is 20.8 Å². The van der Waals surface area contributed by atoms with Gasteiger partial charge in [0, 0.05) is 45.2 Å². The van der Waals surface area contributed by atoms with Gasteiger partial charge in [-0.15, -0.1) is 0 Å². The van der Waals surface area contributed by atoms with E-state index in [-0.39, 0.29) is 58.6 Å². The molecule has 0 aromatic rings. The molecule has 422 valence electrons. The Morgan fingerprint density at radius 1 is 0.444 bits per heavy atom. The molecule has 0 heterocycles. The molecule has 3 atom stereocenters. The SMILES string of the molecule is CCCCN(C(=O)OC(C)(C)C)C(NC(=O)OC(C)(C)C)(C(CCCCCCO)CN(CCCC(NC(=O)OC(C)(C)C)N(CCC)C(=O)OC(C)(C)C)C(=O)OC(C)(C)C)N(CCC)C(=O)OC(C)(C)C. The normalized spacial score (nSPS) is 14.1. The van der Waals surface area contributed by atoms with Gasteiger partial charge in [-0.2, -0.15) is 0 Å². The van der Waals surface area contributed by atoms with Crippen LogP contribution >= 0.6 is 0 Å². The van der Waals surface area contributed by atoms with Crippen LogP contribution in [-0.2, 0) is 28.4 Å². The average Bonchev–Trinajstić information content (AvgIpc) is 3.16. The minimum absolute atomic E-state index is 0.00633. The first-order valence-electron chi connectivity index (χ1n) is 26.3. The molecule has 19 nitrogen and oxygen atoms in total. The van der Waals surface area contributed by atoms with Crippen molar-refractivity contribution in [2.45, 2.75) is 262 Å². The highest BCUT2D eigenvalue weighted by molar-refractivity contribution is 5.77. The summed E-state index contributed by atoms with van der Waals surface area (Å²) in [7, 11) is 0. The third kappa shape index (κ3) is 27.6. The summed E-state index contributed by atoms with van der Waals surface area (Å²) in [6.45, 7) is 36.7. The molecule has 0 fully saturated rings. The number of ether oxygens (including phenoxy) is 6. The van der Waals surface area contributed by atoms with Crippen molar-refractivity contribution in [2.24, 2.45) is 5.92 Å². The van der Waals surface area contributed by atoms with Gasteiger partial charge in [-0.3, -0.25) is 20.0 Å². The Morgan fingerprint density at radius 2 is 0.875 bits per heavy atom. The van der Waals surface area contributed by atoms with E-state index < -0.39 is 88.0 Å². The predicted octanol–water partition coefficient (Wildman–Crippen LogP) is 11.9. The Hall–Kier alpha value is -4.42. The van der Waals surface area contributed by atoms with Crippen molar-refractivity contribution < 1.29 is 62.3 Å². The van der Waals surface area contributed by atoms with Crippen molar-refractivity contribution in [2.75, 3.05) is 39.3 Å². The monoisotopic (exact) mass is 1030 g/mol. The summed E-state index contributed by atoms with van der Waals surface area (Å²) in [4.78, 5) is 92.6. The second-order valence-corrected chi connectivity index (χ2v) is 24.5. The number of aliphatic hydroxyl groups excluding tert-OH is 1. The van der Waals surface area contributed by atoms with Crippen LogP contribution in [0, 0.1) is 5.92 Å². The molecule has 0 aliphatic carbocycles. The zero-order valence-corrected chi connectivity index (χ0v) is 48.8. The quantitative estimate of drug-likeness (QED) is 0.0441. The Labute approximate surface area is 434 Å². The average molecular weight is 1030 g/mol. The number of rotatable bonds is 25. The lowest BCUT2D eigenvalue weighted by molar-refractivity contribution is -0.125. The summed E-state index contributed by atoms with van der Waals surface area (Å²) in [6, 6.07) is 0. The number of aliphatic hydroxyl groups is 1. The van der Waals surface area contributed by atoms with Crippen LogP contribution in [0.2, 0.25) is 0 Å². The summed E-state index contributed by atoms with van der Waals surface area (Å²) < 4.78 is 35.8. The van der Waals surface area contributed by atoms with Crippen molar-refractivity contribution in [3.05, 3.63) is 0 Å². The number of carbonyl (C=O) groups excluding carboxylic acids is 6. The summed E-state index contributed by atoms with van der Waals surface area (Å²) in [5.41, 5.74) is -5.78. The first kappa shape index (κ1) is 67.6. The molecule has 6 amide bonds. The molecule has 0 aliphatic heterocycles. The molecule has 0 spiro atoms. The van der Waals surface area contributed by atoms with Gasteiger partial charge in [0.05, 0.1) is 0 Å². The van der Waals surface area contributed by atoms with Crippen LogP contribution in [0.1, 0.15) is 216 Å². The molecular formula is C53H102N6O13. The number of nitrogens with one attached hydrogen (secondary N) is 2. The molecule has 72 heavy (non-hydrogen) atoms. The van der Waals surface area contributed by atoms with Crippen LogP contribution in [0.3, 0.4) is 0 Å². The van der Waals surface area contributed by atoms with Gasteiger partial charge in [0.25, 0.3) is 0 Å². The summed E-state index contributed by atoms with van der Waals surface area (Å²) in [6.07, 6.45) is -1.03. The van der Waals surface area contributed by atoms with Gasteiger partial charge < -0.3 is 43.7 Å². The summed E-state index contributed by atoms with van der Waals surface area (Å²) in [5, 5.41) is 15.7. The maximum Gasteiger partial charge on any atom is 0.413 e. The van der Waals surface area contributed by atoms with Gasteiger partial charge in [-0.1, -0.05) is 46.5 Å². The van der Waals surface area contributed by atoms with Gasteiger partial charge in [0.1, 0.15) is 39.8 Å². The Balaban J connectivity index is 8.74. The molecule has 0 aromatic heterocycles. The van der Waals surface area contributed by atoms with E-state index in [1.54, 1.807) is 125 Å². The largest absolute Gasteiger partial charge is 0.444 e. The smallest absolute Gasteiger partial charge is 0.413 e. The number of carbonyl (C=O) groups is 6. The minimum atomic E-state index is -2.13. The number of alkyl carbamates (subject to hydrolysis) is 2. The van der Waals surface area contributed by atoms with E-state index in [1.165, 1.54) is 19.6 Å². The van der Waals surface area contributed by atoms with Gasteiger partial charge >= 0.3 is 36.6 Å². The van der Waals surface area contributed by atoms with E-state index >= 15 is 9.59 Å². The molecule has 0 saturated carbocycles. The van der Waals surface area contributed by atoms with E-state index in [4.69, 9.17) is 28.4 Å². The molecular weight excluding hydrogens is 929 g/mol. The van der Waals surface area contributed by atoms with Gasteiger partial charge in [-0.05, 0) is 170 Å². The van der Waals surface area contributed by atoms with E-state index in [0.29, 0.717) is 51.4 Å². The van der Waals surface area contributed by atoms with Crippen molar-refractivity contribution in [3.63, 3.8) is 0 Å². The molecule has 0 radical (unpaired) electrons. The fourth-order valence-electron chi connectivity index (χ4n) is 7.54. The number of hydrogen-bond acceptors (Lipinski definition) is 13. The standard InChI is InChI=1S/C53H102N6O13/c1-22-25-36-59(46(66)72-52(19,20)21)53(55-42(62)68-48(7,8)9,58(34-24-3)45(65)71-51(16,17)18)39(31-28-26-27-29-37-60)38-56(43(63)69-49(10,11)12)35-30-32-40(54-41(61)67-47(4,5)6)57(33-23-2)44(64)70-50(13,14)15/h39-40,60H,22-38H2,1-21H3,(H,54,61)(H,55,62). The summed E-state index contributed by atoms with van der Waals surface area (Å²) in [5.74, 6) is -3.14. The topological polar surface area (TPSA) is 215 Å². The Morgan fingerprint density at radius 3 is 1.32 bits per heavy atom. The zero-order chi connectivity index (χ0) is 56.1.